The number of rotatable bonds is 2. The molecule has 0 atom stereocenters. The lowest BCUT2D eigenvalue weighted by Gasteiger charge is -2.33. The number of hydrogen-bond donors (Lipinski definition) is 0. The molecule has 1 aliphatic rings. The van der Waals surface area contributed by atoms with Gasteiger partial charge in [0.05, 0.1) is 5.69 Å². The first-order chi connectivity index (χ1) is 10.2. The number of fused-ring (bicyclic) bond motifs is 1. The zero-order valence-corrected chi connectivity index (χ0v) is 12.0. The van der Waals surface area contributed by atoms with Crippen LogP contribution in [0.1, 0.15) is 18.9 Å². The summed E-state index contributed by atoms with van der Waals surface area (Å²) in [7, 11) is 0. The van der Waals surface area contributed by atoms with Gasteiger partial charge in [-0.05, 0) is 6.92 Å². The standard InChI is InChI=1S/C15H12ClN3O2/c1-9-20-15(21-9)12-7-13(16)19-14(17-12)8-11(18-19)10-5-3-2-4-6-10/h2-9,15H,1H3. The molecule has 2 aromatic heterocycles. The fraction of sp³-hybridized carbons (Fsp3) is 0.200. The highest BCUT2D eigenvalue weighted by molar-refractivity contribution is 6.29. The Morgan fingerprint density at radius 1 is 1.14 bits per heavy atom. The van der Waals surface area contributed by atoms with Crippen LogP contribution in [0.4, 0.5) is 0 Å². The second kappa shape index (κ2) is 4.80. The summed E-state index contributed by atoms with van der Waals surface area (Å²) in [5, 5.41) is 4.96. The molecule has 6 heteroatoms. The van der Waals surface area contributed by atoms with Crippen LogP contribution in [0.15, 0.2) is 42.5 Å². The first-order valence-electron chi connectivity index (χ1n) is 6.63. The minimum Gasteiger partial charge on any atom is -0.318 e. The number of benzene rings is 1. The summed E-state index contributed by atoms with van der Waals surface area (Å²) < 4.78 is 12.5. The van der Waals surface area contributed by atoms with Crippen molar-refractivity contribution >= 4 is 17.2 Å². The van der Waals surface area contributed by atoms with E-state index in [1.807, 2.05) is 43.3 Å². The fourth-order valence-corrected chi connectivity index (χ4v) is 2.56. The van der Waals surface area contributed by atoms with Gasteiger partial charge >= 0.3 is 0 Å². The Labute approximate surface area is 126 Å². The number of ether oxygens (including phenoxy) is 2. The molecule has 1 aromatic carbocycles. The molecule has 3 aromatic rings. The van der Waals surface area contributed by atoms with Crippen molar-refractivity contribution in [2.75, 3.05) is 0 Å². The van der Waals surface area contributed by atoms with Crippen LogP contribution in [0, 0.1) is 0 Å². The topological polar surface area (TPSA) is 48.7 Å². The van der Waals surface area contributed by atoms with E-state index in [0.717, 1.165) is 11.3 Å². The Balaban J connectivity index is 1.79. The molecule has 0 saturated carbocycles. The number of nitrogens with zero attached hydrogens (tertiary/aromatic N) is 3. The predicted octanol–water partition coefficient (Wildman–Crippen LogP) is 3.44. The molecule has 1 fully saturated rings. The highest BCUT2D eigenvalue weighted by Gasteiger charge is 2.30. The van der Waals surface area contributed by atoms with Crippen LogP contribution in [0.2, 0.25) is 5.15 Å². The van der Waals surface area contributed by atoms with E-state index >= 15 is 0 Å². The van der Waals surface area contributed by atoms with E-state index in [1.165, 1.54) is 0 Å². The first kappa shape index (κ1) is 12.8. The molecule has 106 valence electrons. The minimum absolute atomic E-state index is 0.198. The van der Waals surface area contributed by atoms with Gasteiger partial charge in [-0.1, -0.05) is 41.9 Å². The lowest BCUT2D eigenvalue weighted by atomic mass is 10.2. The van der Waals surface area contributed by atoms with E-state index in [-0.39, 0.29) is 6.29 Å². The van der Waals surface area contributed by atoms with Crippen molar-refractivity contribution in [1.29, 1.82) is 0 Å². The van der Waals surface area contributed by atoms with Gasteiger partial charge in [-0.15, -0.1) is 0 Å². The van der Waals surface area contributed by atoms with E-state index in [2.05, 4.69) is 10.1 Å². The molecule has 0 unspecified atom stereocenters. The molecule has 0 N–H and O–H groups in total. The van der Waals surface area contributed by atoms with Crippen molar-refractivity contribution in [2.45, 2.75) is 19.5 Å². The van der Waals surface area contributed by atoms with E-state index in [1.54, 1.807) is 10.6 Å². The SMILES string of the molecule is CC1OC(c2cc(Cl)n3nc(-c4ccccc4)cc3n2)O1. The fourth-order valence-electron chi connectivity index (χ4n) is 2.32. The molecule has 5 nitrogen and oxygen atoms in total. The van der Waals surface area contributed by atoms with Gasteiger partial charge in [0, 0.05) is 17.7 Å². The van der Waals surface area contributed by atoms with Crippen molar-refractivity contribution in [2.24, 2.45) is 0 Å². The maximum Gasteiger partial charge on any atom is 0.206 e. The predicted molar refractivity (Wildman–Crippen MR) is 77.8 cm³/mol. The largest absolute Gasteiger partial charge is 0.318 e. The lowest BCUT2D eigenvalue weighted by molar-refractivity contribution is -0.383. The van der Waals surface area contributed by atoms with Gasteiger partial charge in [-0.25, -0.2) is 9.50 Å². The molecule has 4 rings (SSSR count). The Kier molecular flexibility index (Phi) is 2.92. The van der Waals surface area contributed by atoms with Gasteiger partial charge < -0.3 is 9.47 Å². The van der Waals surface area contributed by atoms with Gasteiger partial charge in [0.25, 0.3) is 0 Å². The van der Waals surface area contributed by atoms with E-state index in [9.17, 15) is 0 Å². The van der Waals surface area contributed by atoms with E-state index in [4.69, 9.17) is 21.1 Å². The van der Waals surface area contributed by atoms with Crippen molar-refractivity contribution < 1.29 is 9.47 Å². The Bertz CT molecular complexity index is 797. The monoisotopic (exact) mass is 301 g/mol. The Morgan fingerprint density at radius 2 is 1.90 bits per heavy atom. The second-order valence-corrected chi connectivity index (χ2v) is 5.23. The third kappa shape index (κ3) is 2.19. The second-order valence-electron chi connectivity index (χ2n) is 4.84. The Morgan fingerprint density at radius 3 is 2.62 bits per heavy atom. The molecule has 0 bridgehead atoms. The average molecular weight is 302 g/mol. The van der Waals surface area contributed by atoms with Crippen LogP contribution in [0.25, 0.3) is 16.9 Å². The summed E-state index contributed by atoms with van der Waals surface area (Å²) in [5.41, 5.74) is 3.17. The van der Waals surface area contributed by atoms with Crippen molar-refractivity contribution in [3.8, 4) is 11.3 Å². The van der Waals surface area contributed by atoms with E-state index < -0.39 is 6.29 Å². The minimum atomic E-state index is -0.447. The summed E-state index contributed by atoms with van der Waals surface area (Å²) in [6, 6.07) is 13.5. The molecule has 0 aliphatic carbocycles. The third-order valence-electron chi connectivity index (χ3n) is 3.35. The molecular formula is C15H12ClN3O2. The molecular weight excluding hydrogens is 290 g/mol. The number of halogens is 1. The van der Waals surface area contributed by atoms with Gasteiger partial charge in [-0.2, -0.15) is 5.10 Å². The van der Waals surface area contributed by atoms with Crippen molar-refractivity contribution in [3.05, 3.63) is 53.3 Å². The summed E-state index contributed by atoms with van der Waals surface area (Å²) >= 11 is 6.27. The van der Waals surface area contributed by atoms with Crippen LogP contribution in [-0.2, 0) is 9.47 Å². The lowest BCUT2D eigenvalue weighted by Crippen LogP contribution is -2.32. The average Bonchev–Trinajstić information content (AvgIpc) is 2.89. The molecule has 3 heterocycles. The summed E-state index contributed by atoms with van der Waals surface area (Å²) in [6.07, 6.45) is -0.644. The molecule has 0 radical (unpaired) electrons. The molecule has 0 spiro atoms. The molecule has 21 heavy (non-hydrogen) atoms. The van der Waals surface area contributed by atoms with Crippen LogP contribution in [0.5, 0.6) is 0 Å². The van der Waals surface area contributed by atoms with Crippen molar-refractivity contribution in [3.63, 3.8) is 0 Å². The molecule has 0 amide bonds. The molecule has 1 saturated heterocycles. The summed E-state index contributed by atoms with van der Waals surface area (Å²) in [5.74, 6) is 0. The zero-order valence-electron chi connectivity index (χ0n) is 11.2. The highest BCUT2D eigenvalue weighted by atomic mass is 35.5. The van der Waals surface area contributed by atoms with E-state index in [0.29, 0.717) is 16.5 Å². The van der Waals surface area contributed by atoms with Crippen LogP contribution >= 0.6 is 11.6 Å². The van der Waals surface area contributed by atoms with Crippen LogP contribution in [-0.4, -0.2) is 20.9 Å². The maximum atomic E-state index is 6.27. The van der Waals surface area contributed by atoms with Gasteiger partial charge in [0.15, 0.2) is 11.9 Å². The normalized spacial score (nSPS) is 21.4. The summed E-state index contributed by atoms with van der Waals surface area (Å²) in [4.78, 5) is 4.50. The zero-order chi connectivity index (χ0) is 14.4. The van der Waals surface area contributed by atoms with Crippen LogP contribution in [0.3, 0.4) is 0 Å². The number of hydrogen-bond acceptors (Lipinski definition) is 4. The quantitative estimate of drug-likeness (QED) is 0.680. The molecule has 1 aliphatic heterocycles. The van der Waals surface area contributed by atoms with Crippen molar-refractivity contribution in [1.82, 2.24) is 14.6 Å². The third-order valence-corrected chi connectivity index (χ3v) is 3.61. The first-order valence-corrected chi connectivity index (χ1v) is 7.01. The number of aromatic nitrogens is 3. The highest BCUT2D eigenvalue weighted by Crippen LogP contribution is 2.32. The smallest absolute Gasteiger partial charge is 0.206 e. The Hall–Kier alpha value is -1.95. The van der Waals surface area contributed by atoms with Gasteiger partial charge in [-0.3, -0.25) is 0 Å². The van der Waals surface area contributed by atoms with Gasteiger partial charge in [0.2, 0.25) is 6.29 Å². The maximum absolute atomic E-state index is 6.27. The van der Waals surface area contributed by atoms with Gasteiger partial charge in [0.1, 0.15) is 10.8 Å². The summed E-state index contributed by atoms with van der Waals surface area (Å²) in [6.45, 7) is 1.84. The van der Waals surface area contributed by atoms with Crippen LogP contribution < -0.4 is 0 Å².